The molecule has 0 aliphatic heterocycles. The molecule has 0 radical (unpaired) electrons. The number of hydrogen-bond acceptors (Lipinski definition) is 6. The topological polar surface area (TPSA) is 103 Å². The fourth-order valence-corrected chi connectivity index (χ4v) is 2.50. The molecule has 0 heterocycles. The molecular formula is C22H19N3O5. The van der Waals surface area contributed by atoms with Crippen molar-refractivity contribution < 1.29 is 19.3 Å². The fraction of sp³-hybridized carbons (Fsp3) is 0.0909. The largest absolute Gasteiger partial charge is 0.488 e. The summed E-state index contributed by atoms with van der Waals surface area (Å²) in [4.78, 5) is 27.2. The summed E-state index contributed by atoms with van der Waals surface area (Å²) < 4.78 is 5.78. The van der Waals surface area contributed by atoms with Crippen LogP contribution in [0.25, 0.3) is 0 Å². The lowest BCUT2D eigenvalue weighted by Gasteiger charge is -2.09. The van der Waals surface area contributed by atoms with Crippen LogP contribution in [0, 0.1) is 10.1 Å². The van der Waals surface area contributed by atoms with Gasteiger partial charge in [0.25, 0.3) is 11.6 Å². The Morgan fingerprint density at radius 1 is 1.00 bits per heavy atom. The number of hydrogen-bond donors (Lipinski definition) is 1. The number of non-ortho nitro benzene ring substituents is 1. The third-order valence-electron chi connectivity index (χ3n) is 3.98. The highest BCUT2D eigenvalue weighted by molar-refractivity contribution is 5.91. The maximum atomic E-state index is 11.8. The predicted octanol–water partition coefficient (Wildman–Crippen LogP) is 4.16. The molecule has 3 aromatic carbocycles. The maximum absolute atomic E-state index is 11.8. The Kier molecular flexibility index (Phi) is 7.10. The third kappa shape index (κ3) is 6.16. The van der Waals surface area contributed by atoms with Crippen molar-refractivity contribution in [2.45, 2.75) is 6.61 Å². The number of ether oxygens (including phenoxy) is 1. The van der Waals surface area contributed by atoms with Gasteiger partial charge in [0.15, 0.2) is 6.61 Å². The summed E-state index contributed by atoms with van der Waals surface area (Å²) in [6.07, 6.45) is 1.46. The number of amides is 1. The Bertz CT molecular complexity index is 1020. The van der Waals surface area contributed by atoms with Crippen LogP contribution >= 0.6 is 0 Å². The number of anilines is 1. The second kappa shape index (κ2) is 10.4. The Morgan fingerprint density at radius 3 is 2.43 bits per heavy atom. The van der Waals surface area contributed by atoms with Crippen molar-refractivity contribution in [3.05, 3.63) is 100 Å². The van der Waals surface area contributed by atoms with Crippen LogP contribution in [0.3, 0.4) is 0 Å². The zero-order chi connectivity index (χ0) is 21.2. The number of benzene rings is 3. The smallest absolute Gasteiger partial charge is 0.269 e. The number of para-hydroxylation sites is 2. The zero-order valence-corrected chi connectivity index (χ0v) is 15.9. The number of nitrogens with one attached hydrogen (secondary N) is 1. The van der Waals surface area contributed by atoms with Gasteiger partial charge in [-0.3, -0.25) is 14.9 Å². The van der Waals surface area contributed by atoms with E-state index >= 15 is 0 Å². The molecule has 0 saturated carbocycles. The van der Waals surface area contributed by atoms with Crippen LogP contribution in [0.5, 0.6) is 5.75 Å². The summed E-state index contributed by atoms with van der Waals surface area (Å²) in [5.41, 5.74) is 2.17. The number of carbonyl (C=O) groups is 1. The number of nitrogens with zero attached hydrogens (tertiary/aromatic N) is 2. The molecule has 3 aromatic rings. The molecule has 1 amide bonds. The van der Waals surface area contributed by atoms with Gasteiger partial charge in [-0.1, -0.05) is 35.5 Å². The van der Waals surface area contributed by atoms with Crippen molar-refractivity contribution >= 4 is 23.5 Å². The normalized spacial score (nSPS) is 10.5. The van der Waals surface area contributed by atoms with Gasteiger partial charge in [0.1, 0.15) is 12.4 Å². The van der Waals surface area contributed by atoms with Crippen LogP contribution in [0.1, 0.15) is 11.1 Å². The summed E-state index contributed by atoms with van der Waals surface area (Å²) in [6, 6.07) is 22.4. The average molecular weight is 405 g/mol. The first-order chi connectivity index (χ1) is 14.6. The molecule has 152 valence electrons. The van der Waals surface area contributed by atoms with E-state index in [1.807, 2.05) is 30.3 Å². The zero-order valence-electron chi connectivity index (χ0n) is 15.9. The number of nitro groups is 1. The van der Waals surface area contributed by atoms with E-state index in [0.29, 0.717) is 17.0 Å². The lowest BCUT2D eigenvalue weighted by molar-refractivity contribution is -0.384. The van der Waals surface area contributed by atoms with Gasteiger partial charge in [-0.05, 0) is 42.0 Å². The first-order valence-corrected chi connectivity index (χ1v) is 9.07. The molecule has 0 saturated heterocycles. The highest BCUT2D eigenvalue weighted by Crippen LogP contribution is 2.19. The van der Waals surface area contributed by atoms with Crippen LogP contribution < -0.4 is 10.1 Å². The molecule has 0 fully saturated rings. The lowest BCUT2D eigenvalue weighted by atomic mass is 10.2. The van der Waals surface area contributed by atoms with Gasteiger partial charge in [-0.25, -0.2) is 0 Å². The van der Waals surface area contributed by atoms with Gasteiger partial charge >= 0.3 is 0 Å². The minimum Gasteiger partial charge on any atom is -0.488 e. The number of nitro benzene ring substituents is 1. The monoisotopic (exact) mass is 405 g/mol. The minimum atomic E-state index is -0.448. The molecule has 1 N–H and O–H groups in total. The van der Waals surface area contributed by atoms with E-state index in [0.717, 1.165) is 5.56 Å². The van der Waals surface area contributed by atoms with Gasteiger partial charge in [0.2, 0.25) is 0 Å². The van der Waals surface area contributed by atoms with Crippen molar-refractivity contribution in [2.24, 2.45) is 5.16 Å². The van der Waals surface area contributed by atoms with E-state index in [1.54, 1.807) is 36.4 Å². The highest BCUT2D eigenvalue weighted by Gasteiger charge is 2.06. The van der Waals surface area contributed by atoms with E-state index in [1.165, 1.54) is 18.3 Å². The SMILES string of the molecule is O=C(CO/N=C/c1ccccc1OCc1ccc([N+](=O)[O-])cc1)Nc1ccccc1. The molecule has 0 aromatic heterocycles. The molecule has 30 heavy (non-hydrogen) atoms. The summed E-state index contributed by atoms with van der Waals surface area (Å²) in [7, 11) is 0. The Labute approximate surface area is 172 Å². The molecule has 0 bridgehead atoms. The van der Waals surface area contributed by atoms with Gasteiger partial charge < -0.3 is 14.9 Å². The maximum Gasteiger partial charge on any atom is 0.269 e. The molecule has 3 rings (SSSR count). The Hall–Kier alpha value is -4.20. The van der Waals surface area contributed by atoms with E-state index in [9.17, 15) is 14.9 Å². The fourth-order valence-electron chi connectivity index (χ4n) is 2.50. The summed E-state index contributed by atoms with van der Waals surface area (Å²) in [5, 5.41) is 17.2. The van der Waals surface area contributed by atoms with Crippen LogP contribution in [0.15, 0.2) is 84.0 Å². The van der Waals surface area contributed by atoms with Crippen molar-refractivity contribution in [2.75, 3.05) is 11.9 Å². The standard InChI is InChI=1S/C22H19N3O5/c26-22(24-19-7-2-1-3-8-19)16-30-23-14-18-6-4-5-9-21(18)29-15-17-10-12-20(13-11-17)25(27)28/h1-14H,15-16H2,(H,24,26)/b23-14+. The van der Waals surface area contributed by atoms with E-state index in [-0.39, 0.29) is 24.8 Å². The molecular weight excluding hydrogens is 386 g/mol. The third-order valence-corrected chi connectivity index (χ3v) is 3.98. The summed E-state index contributed by atoms with van der Waals surface area (Å²) >= 11 is 0. The van der Waals surface area contributed by atoms with Crippen molar-refractivity contribution in [3.63, 3.8) is 0 Å². The van der Waals surface area contributed by atoms with Crippen LogP contribution in [-0.2, 0) is 16.2 Å². The highest BCUT2D eigenvalue weighted by atomic mass is 16.6. The molecule has 0 spiro atoms. The first-order valence-electron chi connectivity index (χ1n) is 9.07. The molecule has 0 aliphatic rings. The van der Waals surface area contributed by atoms with E-state index < -0.39 is 4.92 Å². The van der Waals surface area contributed by atoms with Gasteiger partial charge in [0.05, 0.1) is 11.1 Å². The van der Waals surface area contributed by atoms with E-state index in [2.05, 4.69) is 10.5 Å². The second-order valence-electron chi connectivity index (χ2n) is 6.17. The molecule has 8 nitrogen and oxygen atoms in total. The van der Waals surface area contributed by atoms with Gasteiger partial charge in [0, 0.05) is 23.4 Å². The first kappa shape index (κ1) is 20.5. The van der Waals surface area contributed by atoms with Gasteiger partial charge in [-0.2, -0.15) is 0 Å². The van der Waals surface area contributed by atoms with Crippen molar-refractivity contribution in [1.29, 1.82) is 0 Å². The minimum absolute atomic E-state index is 0.0275. The summed E-state index contributed by atoms with van der Waals surface area (Å²) in [5.74, 6) is 0.248. The van der Waals surface area contributed by atoms with Gasteiger partial charge in [-0.15, -0.1) is 0 Å². The lowest BCUT2D eigenvalue weighted by Crippen LogP contribution is -2.16. The van der Waals surface area contributed by atoms with E-state index in [4.69, 9.17) is 9.57 Å². The summed E-state index contributed by atoms with van der Waals surface area (Å²) in [6.45, 7) is 0.0143. The Balaban J connectivity index is 1.51. The molecule has 0 atom stereocenters. The average Bonchev–Trinajstić information content (AvgIpc) is 2.77. The van der Waals surface area contributed by atoms with Crippen molar-refractivity contribution in [3.8, 4) is 5.75 Å². The van der Waals surface area contributed by atoms with Crippen LogP contribution in [0.2, 0.25) is 0 Å². The number of oxime groups is 1. The second-order valence-corrected chi connectivity index (χ2v) is 6.17. The Morgan fingerprint density at radius 2 is 1.70 bits per heavy atom. The van der Waals surface area contributed by atoms with Crippen LogP contribution in [-0.4, -0.2) is 23.7 Å². The molecule has 0 aliphatic carbocycles. The van der Waals surface area contributed by atoms with Crippen LogP contribution in [0.4, 0.5) is 11.4 Å². The number of carbonyl (C=O) groups excluding carboxylic acids is 1. The molecule has 8 heteroatoms. The van der Waals surface area contributed by atoms with Crippen molar-refractivity contribution in [1.82, 2.24) is 0 Å². The quantitative estimate of drug-likeness (QED) is 0.327. The predicted molar refractivity (Wildman–Crippen MR) is 112 cm³/mol. The molecule has 0 unspecified atom stereocenters. The number of rotatable bonds is 9.